The third-order valence-electron chi connectivity index (χ3n) is 6.19. The summed E-state index contributed by atoms with van der Waals surface area (Å²) in [5.74, 6) is -0.974. The van der Waals surface area contributed by atoms with E-state index in [9.17, 15) is 18.8 Å². The van der Waals surface area contributed by atoms with E-state index in [1.54, 1.807) is 66.7 Å². The predicted molar refractivity (Wildman–Crippen MR) is 172 cm³/mol. The second-order valence-electron chi connectivity index (χ2n) is 9.39. The van der Waals surface area contributed by atoms with E-state index in [0.29, 0.717) is 22.8 Å². The van der Waals surface area contributed by atoms with Gasteiger partial charge in [0.1, 0.15) is 23.0 Å². The fourth-order valence-corrected chi connectivity index (χ4v) is 4.89. The van der Waals surface area contributed by atoms with E-state index >= 15 is 0 Å². The lowest BCUT2D eigenvalue weighted by atomic mass is 10.2. The maximum Gasteiger partial charge on any atom is 0.272 e. The van der Waals surface area contributed by atoms with Crippen molar-refractivity contribution in [1.29, 1.82) is 0 Å². The first-order chi connectivity index (χ1) is 21.3. The zero-order valence-electron chi connectivity index (χ0n) is 23.1. The number of carbonyl (C=O) groups excluding carboxylic acids is 3. The number of furan rings is 1. The van der Waals surface area contributed by atoms with Crippen molar-refractivity contribution in [3.8, 4) is 11.3 Å². The van der Waals surface area contributed by atoms with Crippen LogP contribution in [0.2, 0.25) is 5.02 Å². The molecular weight excluding hydrogens is 601 g/mol. The summed E-state index contributed by atoms with van der Waals surface area (Å²) in [5.41, 5.74) is 1.76. The number of hydrogen-bond donors (Lipinski definition) is 3. The summed E-state index contributed by atoms with van der Waals surface area (Å²) in [6.07, 6.45) is 1.47. The van der Waals surface area contributed by atoms with Gasteiger partial charge in [0.2, 0.25) is 5.91 Å². The molecule has 220 valence electrons. The number of nitrogens with one attached hydrogen (secondary N) is 3. The second-order valence-corrected chi connectivity index (χ2v) is 10.9. The average Bonchev–Trinajstić information content (AvgIpc) is 3.51. The van der Waals surface area contributed by atoms with Crippen molar-refractivity contribution in [1.82, 2.24) is 5.32 Å². The van der Waals surface area contributed by atoms with Gasteiger partial charge in [-0.15, -0.1) is 11.8 Å². The number of rotatable bonds is 10. The third kappa shape index (κ3) is 8.25. The number of halogens is 2. The monoisotopic (exact) mass is 625 g/mol. The maximum absolute atomic E-state index is 14.0. The Morgan fingerprint density at radius 3 is 2.23 bits per heavy atom. The molecule has 0 bridgehead atoms. The highest BCUT2D eigenvalue weighted by molar-refractivity contribution is 8.00. The van der Waals surface area contributed by atoms with Crippen LogP contribution in [0.1, 0.15) is 16.1 Å². The van der Waals surface area contributed by atoms with Crippen molar-refractivity contribution in [3.63, 3.8) is 0 Å². The molecule has 0 radical (unpaired) electrons. The van der Waals surface area contributed by atoms with E-state index in [1.165, 1.54) is 30.0 Å². The van der Waals surface area contributed by atoms with Gasteiger partial charge in [-0.1, -0.05) is 60.1 Å². The summed E-state index contributed by atoms with van der Waals surface area (Å²) in [6, 6.07) is 32.4. The molecular formula is C34H25ClFN3O4S. The molecule has 0 spiro atoms. The number of benzene rings is 4. The lowest BCUT2D eigenvalue weighted by Gasteiger charge is -2.11. The second kappa shape index (κ2) is 14.4. The number of thioether (sulfide) groups is 1. The summed E-state index contributed by atoms with van der Waals surface area (Å²) in [5, 5.41) is 8.23. The largest absolute Gasteiger partial charge is 0.457 e. The number of anilines is 2. The standard InChI is InChI=1S/C34H25ClFN3O4S/c35-24-11-17-29(28(36)19-24)38-32(40)21-44-27-15-12-25(13-16-27)37-34(42)30(39-33(41)23-9-5-2-6-10-23)20-26-14-18-31(43-26)22-7-3-1-4-8-22/h1-20H,21H2,(H,37,42)(H,38,40)(H,39,41)/b30-20-. The lowest BCUT2D eigenvalue weighted by Crippen LogP contribution is -2.30. The van der Waals surface area contributed by atoms with Crippen LogP contribution >= 0.6 is 23.4 Å². The molecule has 1 aromatic heterocycles. The Morgan fingerprint density at radius 1 is 0.818 bits per heavy atom. The van der Waals surface area contributed by atoms with Crippen LogP contribution < -0.4 is 16.0 Å². The molecule has 0 atom stereocenters. The van der Waals surface area contributed by atoms with Gasteiger partial charge >= 0.3 is 0 Å². The molecule has 3 amide bonds. The van der Waals surface area contributed by atoms with E-state index in [0.717, 1.165) is 16.5 Å². The van der Waals surface area contributed by atoms with E-state index in [4.69, 9.17) is 16.0 Å². The molecule has 5 aromatic rings. The van der Waals surface area contributed by atoms with Crippen molar-refractivity contribution < 1.29 is 23.2 Å². The van der Waals surface area contributed by atoms with Crippen molar-refractivity contribution in [2.45, 2.75) is 4.90 Å². The van der Waals surface area contributed by atoms with E-state index in [2.05, 4.69) is 16.0 Å². The van der Waals surface area contributed by atoms with Crippen LogP contribution in [0.4, 0.5) is 15.8 Å². The van der Waals surface area contributed by atoms with E-state index < -0.39 is 17.6 Å². The third-order valence-corrected chi connectivity index (χ3v) is 7.43. The van der Waals surface area contributed by atoms with Gasteiger partial charge in [0, 0.05) is 32.8 Å². The highest BCUT2D eigenvalue weighted by Gasteiger charge is 2.17. The van der Waals surface area contributed by atoms with Gasteiger partial charge in [-0.3, -0.25) is 14.4 Å². The molecule has 44 heavy (non-hydrogen) atoms. The first kappa shape index (κ1) is 30.3. The zero-order chi connectivity index (χ0) is 30.9. The Kier molecular flexibility index (Phi) is 9.91. The van der Waals surface area contributed by atoms with Crippen LogP contribution in [-0.4, -0.2) is 23.5 Å². The van der Waals surface area contributed by atoms with Gasteiger partial charge in [0.15, 0.2) is 0 Å². The van der Waals surface area contributed by atoms with Crippen LogP contribution in [0, 0.1) is 5.82 Å². The average molecular weight is 626 g/mol. The Balaban J connectivity index is 1.25. The zero-order valence-corrected chi connectivity index (χ0v) is 24.6. The Bertz CT molecular complexity index is 1810. The molecule has 0 fully saturated rings. The molecule has 0 saturated heterocycles. The molecule has 4 aromatic carbocycles. The van der Waals surface area contributed by atoms with Crippen molar-refractivity contribution >= 4 is 58.5 Å². The first-order valence-corrected chi connectivity index (χ1v) is 14.7. The highest BCUT2D eigenvalue weighted by Crippen LogP contribution is 2.25. The maximum atomic E-state index is 14.0. The van der Waals surface area contributed by atoms with Gasteiger partial charge in [0.25, 0.3) is 11.8 Å². The molecule has 0 aliphatic carbocycles. The van der Waals surface area contributed by atoms with Crippen molar-refractivity contribution in [2.24, 2.45) is 0 Å². The van der Waals surface area contributed by atoms with Gasteiger partial charge in [-0.25, -0.2) is 4.39 Å². The Labute approximate surface area is 262 Å². The molecule has 10 heteroatoms. The molecule has 0 unspecified atom stereocenters. The quantitative estimate of drug-likeness (QED) is 0.108. The smallest absolute Gasteiger partial charge is 0.272 e. The molecule has 1 heterocycles. The van der Waals surface area contributed by atoms with Crippen LogP contribution in [0.25, 0.3) is 17.4 Å². The fourth-order valence-electron chi connectivity index (χ4n) is 4.03. The molecule has 0 saturated carbocycles. The van der Waals surface area contributed by atoms with Gasteiger partial charge < -0.3 is 20.4 Å². The number of amides is 3. The van der Waals surface area contributed by atoms with Crippen LogP contribution in [0.5, 0.6) is 0 Å². The SMILES string of the molecule is O=C(CSc1ccc(NC(=O)/C(=C/c2ccc(-c3ccccc3)o2)NC(=O)c2ccccc2)cc1)Nc1ccc(Cl)cc1F. The normalized spacial score (nSPS) is 11.1. The summed E-state index contributed by atoms with van der Waals surface area (Å²) in [7, 11) is 0. The number of carbonyl (C=O) groups is 3. The fraction of sp³-hybridized carbons (Fsp3) is 0.0294. The van der Waals surface area contributed by atoms with Gasteiger partial charge in [-0.2, -0.15) is 0 Å². The van der Waals surface area contributed by atoms with Gasteiger partial charge in [0.05, 0.1) is 11.4 Å². The van der Waals surface area contributed by atoms with Crippen molar-refractivity contribution in [2.75, 3.05) is 16.4 Å². The minimum absolute atomic E-state index is 0.0163. The minimum Gasteiger partial charge on any atom is -0.457 e. The highest BCUT2D eigenvalue weighted by atomic mass is 35.5. The minimum atomic E-state index is -0.618. The Hall–Kier alpha value is -5.12. The number of hydrogen-bond acceptors (Lipinski definition) is 5. The van der Waals surface area contributed by atoms with E-state index in [1.807, 2.05) is 30.3 Å². The molecule has 5 rings (SSSR count). The lowest BCUT2D eigenvalue weighted by molar-refractivity contribution is -0.114. The van der Waals surface area contributed by atoms with Crippen molar-refractivity contribution in [3.05, 3.63) is 143 Å². The summed E-state index contributed by atoms with van der Waals surface area (Å²) < 4.78 is 19.9. The molecule has 0 aliphatic heterocycles. The summed E-state index contributed by atoms with van der Waals surface area (Å²) in [6.45, 7) is 0. The Morgan fingerprint density at radius 2 is 1.52 bits per heavy atom. The van der Waals surface area contributed by atoms with Crippen LogP contribution in [-0.2, 0) is 9.59 Å². The molecule has 0 aliphatic rings. The van der Waals surface area contributed by atoms with Gasteiger partial charge in [-0.05, 0) is 66.7 Å². The molecule has 7 nitrogen and oxygen atoms in total. The summed E-state index contributed by atoms with van der Waals surface area (Å²) in [4.78, 5) is 39.3. The van der Waals surface area contributed by atoms with E-state index in [-0.39, 0.29) is 28.1 Å². The first-order valence-electron chi connectivity index (χ1n) is 13.4. The predicted octanol–water partition coefficient (Wildman–Crippen LogP) is 7.88. The molecule has 3 N–H and O–H groups in total. The summed E-state index contributed by atoms with van der Waals surface area (Å²) >= 11 is 7.00. The van der Waals surface area contributed by atoms with Crippen LogP contribution in [0.3, 0.4) is 0 Å². The van der Waals surface area contributed by atoms with Crippen LogP contribution in [0.15, 0.2) is 130 Å². The topological polar surface area (TPSA) is 100 Å².